The van der Waals surface area contributed by atoms with Crippen LogP contribution in [0.25, 0.3) is 0 Å². The van der Waals surface area contributed by atoms with Gasteiger partial charge in [-0.25, -0.2) is 8.78 Å². The quantitative estimate of drug-likeness (QED) is 0.846. The zero-order valence-electron chi connectivity index (χ0n) is 12.5. The highest BCUT2D eigenvalue weighted by atomic mass is 19.2. The lowest BCUT2D eigenvalue weighted by Gasteiger charge is -2.32. The fourth-order valence-electron chi connectivity index (χ4n) is 3.06. The maximum Gasteiger partial charge on any atom is 0.163 e. The average molecular weight is 298 g/mol. The molecule has 0 spiro atoms. The molecule has 0 radical (unpaired) electrons. The van der Waals surface area contributed by atoms with E-state index in [0.29, 0.717) is 11.5 Å². The van der Waals surface area contributed by atoms with E-state index in [4.69, 9.17) is 0 Å². The maximum absolute atomic E-state index is 13.9. The lowest BCUT2D eigenvalue weighted by molar-refractivity contribution is 0.117. The van der Waals surface area contributed by atoms with Gasteiger partial charge >= 0.3 is 0 Å². The van der Waals surface area contributed by atoms with Crippen LogP contribution in [-0.4, -0.2) is 43.3 Å². The highest BCUT2D eigenvalue weighted by molar-refractivity contribution is 5.22. The van der Waals surface area contributed by atoms with E-state index in [0.717, 1.165) is 45.0 Å². The zero-order chi connectivity index (χ0) is 15.2. The number of nitrogens with zero attached hydrogens (tertiary/aromatic N) is 1. The van der Waals surface area contributed by atoms with Crippen molar-refractivity contribution in [2.75, 3.05) is 33.3 Å². The second-order valence-electron chi connectivity index (χ2n) is 5.76. The number of halogens is 2. The predicted octanol–water partition coefficient (Wildman–Crippen LogP) is 2.32. The minimum atomic E-state index is -0.800. The number of benzene rings is 1. The van der Waals surface area contributed by atoms with Crippen LogP contribution in [0.3, 0.4) is 0 Å². The summed E-state index contributed by atoms with van der Waals surface area (Å²) in [5, 5.41) is 12.3. The first-order chi connectivity index (χ1) is 10.2. The molecule has 1 saturated heterocycles. The van der Waals surface area contributed by atoms with E-state index in [9.17, 15) is 13.9 Å². The second-order valence-corrected chi connectivity index (χ2v) is 5.76. The Labute approximate surface area is 125 Å². The summed E-state index contributed by atoms with van der Waals surface area (Å²) in [6, 6.07) is 4.12. The van der Waals surface area contributed by atoms with Gasteiger partial charge in [-0.2, -0.15) is 0 Å². The molecule has 0 amide bonds. The van der Waals surface area contributed by atoms with Crippen molar-refractivity contribution in [1.82, 2.24) is 10.2 Å². The largest absolute Gasteiger partial charge is 0.396 e. The number of aliphatic hydroxyl groups is 1. The highest BCUT2D eigenvalue weighted by Crippen LogP contribution is 2.23. The summed E-state index contributed by atoms with van der Waals surface area (Å²) in [7, 11) is 1.77. The van der Waals surface area contributed by atoms with Crippen molar-refractivity contribution < 1.29 is 13.9 Å². The Hall–Kier alpha value is -1.04. The minimum Gasteiger partial charge on any atom is -0.396 e. The van der Waals surface area contributed by atoms with Gasteiger partial charge in [-0.05, 0) is 51.4 Å². The normalized spacial score (nSPS) is 21.4. The summed E-state index contributed by atoms with van der Waals surface area (Å²) in [6.07, 6.45) is 2.87. The van der Waals surface area contributed by atoms with Crippen molar-refractivity contribution >= 4 is 0 Å². The van der Waals surface area contributed by atoms with Gasteiger partial charge in [0.1, 0.15) is 0 Å². The smallest absolute Gasteiger partial charge is 0.163 e. The van der Waals surface area contributed by atoms with Crippen LogP contribution in [0.2, 0.25) is 0 Å². The Morgan fingerprint density at radius 2 is 2.24 bits per heavy atom. The van der Waals surface area contributed by atoms with Crippen molar-refractivity contribution in [1.29, 1.82) is 0 Å². The molecule has 0 bridgehead atoms. The molecule has 2 atom stereocenters. The topological polar surface area (TPSA) is 35.5 Å². The van der Waals surface area contributed by atoms with Crippen molar-refractivity contribution in [2.45, 2.75) is 25.3 Å². The van der Waals surface area contributed by atoms with Gasteiger partial charge < -0.3 is 15.3 Å². The van der Waals surface area contributed by atoms with E-state index >= 15 is 0 Å². The van der Waals surface area contributed by atoms with Gasteiger partial charge in [0.05, 0.1) is 0 Å². The van der Waals surface area contributed by atoms with Crippen LogP contribution in [0.15, 0.2) is 18.2 Å². The number of rotatable bonds is 6. The van der Waals surface area contributed by atoms with Crippen molar-refractivity contribution in [3.8, 4) is 0 Å². The van der Waals surface area contributed by atoms with E-state index in [2.05, 4.69) is 10.2 Å². The molecule has 5 heteroatoms. The van der Waals surface area contributed by atoms with E-state index in [1.54, 1.807) is 19.2 Å². The summed E-state index contributed by atoms with van der Waals surface area (Å²) in [4.78, 5) is 2.30. The lowest BCUT2D eigenvalue weighted by atomic mass is 9.97. The van der Waals surface area contributed by atoms with Crippen LogP contribution in [0.1, 0.15) is 30.9 Å². The summed E-state index contributed by atoms with van der Waals surface area (Å²) < 4.78 is 27.2. The predicted molar refractivity (Wildman–Crippen MR) is 79.0 cm³/mol. The van der Waals surface area contributed by atoms with E-state index in [1.807, 2.05) is 0 Å². The molecule has 1 aromatic carbocycles. The summed E-state index contributed by atoms with van der Waals surface area (Å²) in [6.45, 7) is 2.94. The first-order valence-corrected chi connectivity index (χ1v) is 7.60. The third-order valence-corrected chi connectivity index (χ3v) is 4.30. The molecule has 3 nitrogen and oxygen atoms in total. The van der Waals surface area contributed by atoms with E-state index < -0.39 is 11.6 Å². The van der Waals surface area contributed by atoms with Gasteiger partial charge in [0.15, 0.2) is 11.6 Å². The Bertz CT molecular complexity index is 456. The van der Waals surface area contributed by atoms with Crippen molar-refractivity contribution in [3.05, 3.63) is 35.4 Å². The van der Waals surface area contributed by atoms with Gasteiger partial charge in [-0.3, -0.25) is 0 Å². The van der Waals surface area contributed by atoms with Crippen LogP contribution in [0.5, 0.6) is 0 Å². The molecular formula is C16H24F2N2O. The summed E-state index contributed by atoms with van der Waals surface area (Å²) in [5.41, 5.74) is 0.383. The maximum atomic E-state index is 13.9. The molecule has 0 aromatic heterocycles. The Morgan fingerprint density at radius 1 is 1.43 bits per heavy atom. The van der Waals surface area contributed by atoms with Gasteiger partial charge in [0, 0.05) is 24.8 Å². The first kappa shape index (κ1) is 16.3. The van der Waals surface area contributed by atoms with Crippen LogP contribution in [0, 0.1) is 17.6 Å². The molecule has 21 heavy (non-hydrogen) atoms. The number of aliphatic hydroxyl groups excluding tert-OH is 1. The van der Waals surface area contributed by atoms with Crippen molar-refractivity contribution in [2.24, 2.45) is 5.92 Å². The van der Waals surface area contributed by atoms with Crippen LogP contribution in [0.4, 0.5) is 8.78 Å². The van der Waals surface area contributed by atoms with Gasteiger partial charge in [0.2, 0.25) is 0 Å². The lowest BCUT2D eigenvalue weighted by Crippen LogP contribution is -2.38. The number of likely N-dealkylation sites (tertiary alicyclic amines) is 1. The highest BCUT2D eigenvalue weighted by Gasteiger charge is 2.21. The third-order valence-electron chi connectivity index (χ3n) is 4.30. The van der Waals surface area contributed by atoms with E-state index in [-0.39, 0.29) is 12.6 Å². The molecule has 0 aliphatic carbocycles. The second kappa shape index (κ2) is 7.82. The summed E-state index contributed by atoms with van der Waals surface area (Å²) >= 11 is 0. The Kier molecular flexibility index (Phi) is 6.08. The van der Waals surface area contributed by atoms with Gasteiger partial charge in [-0.1, -0.05) is 12.1 Å². The first-order valence-electron chi connectivity index (χ1n) is 7.60. The van der Waals surface area contributed by atoms with Crippen LogP contribution in [-0.2, 0) is 0 Å². The van der Waals surface area contributed by atoms with Crippen LogP contribution >= 0.6 is 0 Å². The Balaban J connectivity index is 1.95. The Morgan fingerprint density at radius 3 is 2.95 bits per heavy atom. The molecule has 1 heterocycles. The molecule has 1 aliphatic rings. The van der Waals surface area contributed by atoms with Crippen LogP contribution < -0.4 is 5.32 Å². The fraction of sp³-hybridized carbons (Fsp3) is 0.625. The molecule has 2 N–H and O–H groups in total. The fourth-order valence-corrected chi connectivity index (χ4v) is 3.06. The number of piperidine rings is 1. The minimum absolute atomic E-state index is 0.199. The number of nitrogens with one attached hydrogen (secondary N) is 1. The van der Waals surface area contributed by atoms with Gasteiger partial charge in [0.25, 0.3) is 0 Å². The molecule has 1 fully saturated rings. The SMILES string of the molecule is CNC(CCN1CCCC(CO)C1)c1cccc(F)c1F. The standard InChI is InChI=1S/C16H24F2N2O/c1-19-15(13-5-2-6-14(17)16(13)18)7-9-20-8-3-4-12(10-20)11-21/h2,5-6,12,15,19,21H,3-4,7-11H2,1H3. The van der Waals surface area contributed by atoms with E-state index in [1.165, 1.54) is 0 Å². The third kappa shape index (κ3) is 4.22. The monoisotopic (exact) mass is 298 g/mol. The molecule has 118 valence electrons. The number of hydrogen-bond donors (Lipinski definition) is 2. The molecule has 0 saturated carbocycles. The molecule has 1 aromatic rings. The molecule has 1 aliphatic heterocycles. The zero-order valence-corrected chi connectivity index (χ0v) is 12.5. The van der Waals surface area contributed by atoms with Crippen molar-refractivity contribution in [3.63, 3.8) is 0 Å². The molecule has 2 rings (SSSR count). The molecule has 2 unspecified atom stereocenters. The number of hydrogen-bond acceptors (Lipinski definition) is 3. The summed E-state index contributed by atoms with van der Waals surface area (Å²) in [5.74, 6) is -1.22. The molecular weight excluding hydrogens is 274 g/mol. The van der Waals surface area contributed by atoms with Gasteiger partial charge in [-0.15, -0.1) is 0 Å². The average Bonchev–Trinajstić information content (AvgIpc) is 2.52.